The first-order valence-electron chi connectivity index (χ1n) is 24.0. The van der Waals surface area contributed by atoms with Gasteiger partial charge in [-0.2, -0.15) is 0 Å². The van der Waals surface area contributed by atoms with Gasteiger partial charge in [-0.3, -0.25) is 23.7 Å². The van der Waals surface area contributed by atoms with Crippen LogP contribution in [-0.2, 0) is 46.3 Å². The summed E-state index contributed by atoms with van der Waals surface area (Å²) in [5.74, 6) is -8.07. The summed E-state index contributed by atoms with van der Waals surface area (Å²) in [6, 6.07) is 3.16. The zero-order chi connectivity index (χ0) is 54.1. The number of carbonyl (C=O) groups is 7. The van der Waals surface area contributed by atoms with Gasteiger partial charge in [0.2, 0.25) is 18.5 Å². The summed E-state index contributed by atoms with van der Waals surface area (Å²) < 4.78 is 28.6. The molecule has 4 aliphatic carbocycles. The number of esters is 1. The number of hydrogen-bond acceptors (Lipinski definition) is 20. The zero-order valence-corrected chi connectivity index (χ0v) is 42.1. The summed E-state index contributed by atoms with van der Waals surface area (Å²) in [4.78, 5) is 91.2. The highest BCUT2D eigenvalue weighted by molar-refractivity contribution is 7.99. The van der Waals surface area contributed by atoms with Gasteiger partial charge in [0, 0.05) is 47.9 Å². The lowest BCUT2D eigenvalue weighted by Crippen LogP contribution is -2.53. The molecule has 7 atom stereocenters. The molecule has 2 saturated carbocycles. The van der Waals surface area contributed by atoms with Gasteiger partial charge in [0.25, 0.3) is 0 Å². The van der Waals surface area contributed by atoms with Gasteiger partial charge in [-0.25, -0.2) is 14.4 Å². The quantitative estimate of drug-likeness (QED) is 0.0331. The molecular formula is C50H61N3O20S. The number of nitrogens with zero attached hydrogens (tertiary/aromatic N) is 1. The summed E-state index contributed by atoms with van der Waals surface area (Å²) >= 11 is 0.914. The number of nitrogens with one attached hydrogen (secondary N) is 2. The molecule has 24 heteroatoms. The Hall–Kier alpha value is -6.60. The predicted molar refractivity (Wildman–Crippen MR) is 256 cm³/mol. The van der Waals surface area contributed by atoms with E-state index >= 15 is 0 Å². The fourth-order valence-electron chi connectivity index (χ4n) is 10.2. The van der Waals surface area contributed by atoms with E-state index in [0.29, 0.717) is 25.7 Å². The monoisotopic (exact) mass is 1060 g/mol. The molecule has 3 aromatic rings. The van der Waals surface area contributed by atoms with Crippen molar-refractivity contribution in [2.75, 3.05) is 26.3 Å². The van der Waals surface area contributed by atoms with Crippen LogP contribution in [0.2, 0.25) is 0 Å². The highest BCUT2D eigenvalue weighted by atomic mass is 32.2. The van der Waals surface area contributed by atoms with Crippen molar-refractivity contribution in [3.05, 3.63) is 57.6 Å². The number of benzene rings is 2. The number of ether oxygens (including phenoxy) is 5. The molecule has 0 radical (unpaired) electrons. The summed E-state index contributed by atoms with van der Waals surface area (Å²) in [5.41, 5.74) is -5.01. The van der Waals surface area contributed by atoms with E-state index in [-0.39, 0.29) is 75.7 Å². The lowest BCUT2D eigenvalue weighted by molar-refractivity contribution is -0.158. The maximum absolute atomic E-state index is 14.0. The largest absolute Gasteiger partial charge is 0.507 e. The third-order valence-electron chi connectivity index (χ3n) is 14.0. The van der Waals surface area contributed by atoms with Gasteiger partial charge in [-0.15, -0.1) is 11.8 Å². The van der Waals surface area contributed by atoms with E-state index in [1.807, 2.05) is 0 Å². The molecule has 1 heterocycles. The van der Waals surface area contributed by atoms with Crippen molar-refractivity contribution in [3.63, 3.8) is 0 Å². The van der Waals surface area contributed by atoms with Crippen LogP contribution in [0.25, 0.3) is 0 Å². The smallest absolute Gasteiger partial charge is 0.410 e. The number of amides is 2. The number of aliphatic hydroxyl groups is 3. The maximum Gasteiger partial charge on any atom is 0.410 e. The Labute approximate surface area is 428 Å². The standard InChI is InChI=1S/C50H61N3O20S/c1-22-13-25(72-31-17-50(68,33(55)19-54)16-27-36(31)43(61)38-37(41(27)59)40(58)26-7-6-8-30(69-5)35(26)42(38)60)14-28(39(22)57)51-47(66)71-21-70-46(65)24-11-9-23(10-12-24)18-53-34(56)15-32(44(53)62)74-20-29(45(63)64)52-48(67)73-49(2,3)4/h6-8,15,22-25,28-29,31,39,54,56-57,59,61-62,68H,9-14,16-21H2,1-5H3,(H,51,66)(H,52,67)(H,63,64)/t22-,23?,24?,25-,28+,29+,31+,39-,50+/m1/s1. The first-order chi connectivity index (χ1) is 34.9. The Morgan fingerprint density at radius 2 is 1.62 bits per heavy atom. The van der Waals surface area contributed by atoms with Crippen LogP contribution in [-0.4, -0.2) is 149 Å². The van der Waals surface area contributed by atoms with Crippen molar-refractivity contribution >= 4 is 53.2 Å². The second kappa shape index (κ2) is 22.1. The number of ketones is 3. The number of aromatic nitrogens is 1. The van der Waals surface area contributed by atoms with Crippen molar-refractivity contribution in [2.45, 2.75) is 132 Å². The number of thioether (sulfide) groups is 1. The molecule has 0 aliphatic heterocycles. The van der Waals surface area contributed by atoms with Crippen LogP contribution in [0.3, 0.4) is 0 Å². The van der Waals surface area contributed by atoms with Gasteiger partial charge in [0.1, 0.15) is 41.1 Å². The van der Waals surface area contributed by atoms with E-state index in [0.717, 1.165) is 11.8 Å². The Morgan fingerprint density at radius 3 is 2.27 bits per heavy atom. The van der Waals surface area contributed by atoms with E-state index in [9.17, 15) is 74.4 Å². The first-order valence-corrected chi connectivity index (χ1v) is 25.0. The predicted octanol–water partition coefficient (Wildman–Crippen LogP) is 3.72. The highest BCUT2D eigenvalue weighted by Gasteiger charge is 2.50. The van der Waals surface area contributed by atoms with Gasteiger partial charge in [-0.1, -0.05) is 19.1 Å². The van der Waals surface area contributed by atoms with Crippen LogP contribution < -0.4 is 15.4 Å². The minimum absolute atomic E-state index is 0.0387. The van der Waals surface area contributed by atoms with Crippen LogP contribution in [0.4, 0.5) is 9.59 Å². The molecule has 0 bridgehead atoms. The number of carboxylic acids is 1. The number of aliphatic carboxylic acids is 1. The lowest BCUT2D eigenvalue weighted by atomic mass is 9.71. The molecule has 2 aromatic carbocycles. The number of aliphatic hydroxyl groups excluding tert-OH is 2. The Bertz CT molecular complexity index is 2710. The fraction of sp³-hybridized carbons (Fsp3) is 0.540. The van der Waals surface area contributed by atoms with E-state index in [4.69, 9.17) is 23.7 Å². The normalized spacial score (nSPS) is 24.8. The second-order valence-electron chi connectivity index (χ2n) is 20.2. The molecule has 2 fully saturated rings. The van der Waals surface area contributed by atoms with Gasteiger partial charge < -0.3 is 75.2 Å². The van der Waals surface area contributed by atoms with Gasteiger partial charge in [0.05, 0.1) is 59.0 Å². The Morgan fingerprint density at radius 1 is 0.932 bits per heavy atom. The Balaban J connectivity index is 0.931. The van der Waals surface area contributed by atoms with Gasteiger partial charge >= 0.3 is 24.1 Å². The SMILES string of the molecule is COc1cccc2c1C(=O)c1c(O)c3c(c(O)c1C2=O)C[C@@](O)(C(=O)CO)C[C@@H]3O[C@@H]1C[C@@H](C)[C@@H](O)[C@@H](NC(=O)OCOC(=O)C2CCC(Cn3c(O)cc(SC[C@H](NC(=O)OC(C)(C)C)C(=O)O)c3O)CC2)C1. The number of methoxy groups -OCH3 is 1. The number of phenols is 2. The number of fused-ring (bicyclic) bond motifs is 3. The third kappa shape index (κ3) is 11.5. The minimum Gasteiger partial charge on any atom is -0.507 e. The number of phenolic OH excluding ortho intramolecular Hbond substituents is 2. The Kier molecular flexibility index (Phi) is 16.5. The van der Waals surface area contributed by atoms with E-state index in [1.165, 1.54) is 35.9 Å². The molecule has 74 heavy (non-hydrogen) atoms. The van der Waals surface area contributed by atoms with E-state index in [1.54, 1.807) is 27.7 Å². The maximum atomic E-state index is 14.0. The van der Waals surface area contributed by atoms with Crippen LogP contribution in [0.15, 0.2) is 29.2 Å². The topological polar surface area (TPSA) is 356 Å². The average Bonchev–Trinajstić information content (AvgIpc) is 3.60. The summed E-state index contributed by atoms with van der Waals surface area (Å²) in [7, 11) is 1.29. The van der Waals surface area contributed by atoms with Crippen LogP contribution in [0.1, 0.15) is 122 Å². The number of alkyl carbamates (subject to hydrolysis) is 2. The molecule has 7 rings (SSSR count). The first kappa shape index (κ1) is 55.2. The van der Waals surface area contributed by atoms with E-state index in [2.05, 4.69) is 10.6 Å². The molecule has 10 N–H and O–H groups in total. The number of Topliss-reactive ketones (excluding diaryl/α,β-unsaturated/α-hetero) is 1. The second-order valence-corrected chi connectivity index (χ2v) is 21.3. The van der Waals surface area contributed by atoms with Crippen molar-refractivity contribution < 1.29 is 98.1 Å². The fourth-order valence-corrected chi connectivity index (χ4v) is 11.2. The van der Waals surface area contributed by atoms with Crippen molar-refractivity contribution in [2.24, 2.45) is 17.8 Å². The number of carbonyl (C=O) groups excluding carboxylic acids is 6. The number of carboxylic acid groups (broad SMARTS) is 1. The van der Waals surface area contributed by atoms with Crippen LogP contribution in [0, 0.1) is 17.8 Å². The van der Waals surface area contributed by atoms with Crippen molar-refractivity contribution in [1.82, 2.24) is 15.2 Å². The molecule has 0 unspecified atom stereocenters. The minimum atomic E-state index is -2.36. The molecule has 23 nitrogen and oxygen atoms in total. The molecule has 1 aromatic heterocycles. The summed E-state index contributed by atoms with van der Waals surface area (Å²) in [5, 5.41) is 92.2. The van der Waals surface area contributed by atoms with Crippen molar-refractivity contribution in [3.8, 4) is 29.0 Å². The average molecular weight is 1060 g/mol. The number of rotatable bonds is 16. The molecule has 0 saturated heterocycles. The van der Waals surface area contributed by atoms with E-state index < -0.39 is 144 Å². The lowest BCUT2D eigenvalue weighted by Gasteiger charge is -2.43. The summed E-state index contributed by atoms with van der Waals surface area (Å²) in [6.45, 7) is 4.86. The van der Waals surface area contributed by atoms with Gasteiger partial charge in [-0.05, 0) is 77.2 Å². The van der Waals surface area contributed by atoms with Crippen LogP contribution in [0.5, 0.6) is 29.0 Å². The highest BCUT2D eigenvalue weighted by Crippen LogP contribution is 2.53. The summed E-state index contributed by atoms with van der Waals surface area (Å²) in [6.07, 6.45) is -4.89. The molecule has 402 valence electrons. The molecule has 2 amide bonds. The number of aromatic hydroxyl groups is 4. The van der Waals surface area contributed by atoms with Crippen molar-refractivity contribution in [1.29, 1.82) is 0 Å². The molecular weight excluding hydrogens is 995 g/mol. The zero-order valence-electron chi connectivity index (χ0n) is 41.2. The van der Waals surface area contributed by atoms with Crippen LogP contribution >= 0.6 is 11.8 Å². The molecule has 4 aliphatic rings. The number of hydrogen-bond donors (Lipinski definition) is 10. The van der Waals surface area contributed by atoms with Gasteiger partial charge in [0.15, 0.2) is 17.4 Å². The third-order valence-corrected chi connectivity index (χ3v) is 15.1. The molecule has 0 spiro atoms.